The first-order valence-corrected chi connectivity index (χ1v) is 2.24. The minimum absolute atomic E-state index is 0.125. The molecule has 0 aromatic rings. The lowest BCUT2D eigenvalue weighted by Gasteiger charge is -1.95. The van der Waals surface area contributed by atoms with Crippen molar-refractivity contribution in [2.45, 2.75) is 6.23 Å². The van der Waals surface area contributed by atoms with Crippen LogP contribution >= 0.6 is 0 Å². The Morgan fingerprint density at radius 3 is 3.00 bits per heavy atom. The first kappa shape index (κ1) is 4.63. The first-order chi connectivity index (χ1) is 3.43. The summed E-state index contributed by atoms with van der Waals surface area (Å²) >= 11 is 0. The maximum atomic E-state index is 5.00. The van der Waals surface area contributed by atoms with Gasteiger partial charge in [-0.05, 0) is 0 Å². The first-order valence-electron chi connectivity index (χ1n) is 2.24. The van der Waals surface area contributed by atoms with Gasteiger partial charge in [-0.25, -0.2) is 0 Å². The molecule has 0 radical (unpaired) electrons. The van der Waals surface area contributed by atoms with Gasteiger partial charge in [0.05, 0.1) is 6.61 Å². The molecule has 0 bridgehead atoms. The average molecular weight is 97.1 g/mol. The van der Waals surface area contributed by atoms with E-state index >= 15 is 0 Å². The Kier molecular flexibility index (Phi) is 1.30. The number of rotatable bonds is 0. The Balaban J connectivity index is 2.31. The third kappa shape index (κ3) is 0.923. The summed E-state index contributed by atoms with van der Waals surface area (Å²) in [6, 6.07) is 0. The zero-order valence-corrected chi connectivity index (χ0v) is 3.98. The molecule has 7 heavy (non-hydrogen) atoms. The molecule has 0 aromatic carbocycles. The number of terminal acetylenes is 1. The van der Waals surface area contributed by atoms with Crippen molar-refractivity contribution >= 4 is 0 Å². The lowest BCUT2D eigenvalue weighted by molar-refractivity contribution is 0.145. The van der Waals surface area contributed by atoms with Crippen molar-refractivity contribution in [1.29, 1.82) is 0 Å². The summed E-state index contributed by atoms with van der Waals surface area (Å²) in [6.07, 6.45) is 4.87. The van der Waals surface area contributed by atoms with Gasteiger partial charge in [0.25, 0.3) is 0 Å². The molecule has 0 amide bonds. The lowest BCUT2D eigenvalue weighted by Crippen LogP contribution is -2.19. The van der Waals surface area contributed by atoms with Crippen LogP contribution in [0.15, 0.2) is 0 Å². The third-order valence-electron chi connectivity index (χ3n) is 0.868. The Bertz CT molecular complexity index is 88.7. The smallest absolute Gasteiger partial charge is 0.171 e. The van der Waals surface area contributed by atoms with Gasteiger partial charge in [-0.3, -0.25) is 5.32 Å². The highest BCUT2D eigenvalue weighted by Crippen LogP contribution is 1.90. The van der Waals surface area contributed by atoms with E-state index in [1.54, 1.807) is 0 Å². The molecule has 1 N–H and O–H groups in total. The van der Waals surface area contributed by atoms with Crippen LogP contribution in [0.3, 0.4) is 0 Å². The van der Waals surface area contributed by atoms with Crippen LogP contribution in [-0.2, 0) is 4.74 Å². The summed E-state index contributed by atoms with van der Waals surface area (Å²) in [7, 11) is 0. The van der Waals surface area contributed by atoms with Gasteiger partial charge in [-0.15, -0.1) is 6.42 Å². The zero-order chi connectivity index (χ0) is 5.11. The molecule has 0 aromatic heterocycles. The molecule has 0 spiro atoms. The largest absolute Gasteiger partial charge is 0.351 e. The molecule has 0 saturated carbocycles. The molecule has 2 heteroatoms. The van der Waals surface area contributed by atoms with E-state index in [-0.39, 0.29) is 6.23 Å². The monoisotopic (exact) mass is 97.1 g/mol. The predicted molar refractivity (Wildman–Crippen MR) is 26.6 cm³/mol. The fourth-order valence-electron chi connectivity index (χ4n) is 0.533. The Morgan fingerprint density at radius 1 is 1.86 bits per heavy atom. The van der Waals surface area contributed by atoms with Crippen molar-refractivity contribution < 1.29 is 4.74 Å². The summed E-state index contributed by atoms with van der Waals surface area (Å²) in [6.45, 7) is 1.63. The summed E-state index contributed by atoms with van der Waals surface area (Å²) < 4.78 is 4.95. The molecule has 1 rings (SSSR count). The Labute approximate surface area is 42.9 Å². The third-order valence-corrected chi connectivity index (χ3v) is 0.868. The van der Waals surface area contributed by atoms with E-state index in [4.69, 9.17) is 11.2 Å². The molecule has 1 heterocycles. The van der Waals surface area contributed by atoms with Crippen LogP contribution in [0, 0.1) is 12.3 Å². The highest BCUT2D eigenvalue weighted by atomic mass is 16.5. The van der Waals surface area contributed by atoms with Crippen LogP contribution in [-0.4, -0.2) is 19.4 Å². The second-order valence-electron chi connectivity index (χ2n) is 1.37. The highest BCUT2D eigenvalue weighted by molar-refractivity contribution is 4.94. The zero-order valence-electron chi connectivity index (χ0n) is 3.98. The van der Waals surface area contributed by atoms with Crippen LogP contribution < -0.4 is 5.32 Å². The molecular formula is C5H7NO. The van der Waals surface area contributed by atoms with Crippen LogP contribution in [0.4, 0.5) is 0 Å². The SMILES string of the molecule is C#CC1NCCO1. The molecular weight excluding hydrogens is 90.1 g/mol. The van der Waals surface area contributed by atoms with Gasteiger partial charge in [0.15, 0.2) is 6.23 Å². The van der Waals surface area contributed by atoms with Gasteiger partial charge < -0.3 is 4.74 Å². The topological polar surface area (TPSA) is 21.3 Å². The van der Waals surface area contributed by atoms with Gasteiger partial charge in [0.1, 0.15) is 0 Å². The molecule has 1 aliphatic rings. The highest BCUT2D eigenvalue weighted by Gasteiger charge is 2.08. The number of nitrogens with one attached hydrogen (secondary N) is 1. The van der Waals surface area contributed by atoms with Crippen molar-refractivity contribution in [3.63, 3.8) is 0 Å². The molecule has 1 aliphatic heterocycles. The van der Waals surface area contributed by atoms with Gasteiger partial charge >= 0.3 is 0 Å². The molecule has 1 unspecified atom stereocenters. The van der Waals surface area contributed by atoms with Gasteiger partial charge in [0, 0.05) is 6.54 Å². The summed E-state index contributed by atoms with van der Waals surface area (Å²) in [5, 5.41) is 2.95. The summed E-state index contributed by atoms with van der Waals surface area (Å²) in [4.78, 5) is 0. The van der Waals surface area contributed by atoms with E-state index in [1.807, 2.05) is 0 Å². The minimum Gasteiger partial charge on any atom is -0.351 e. The van der Waals surface area contributed by atoms with E-state index in [0.29, 0.717) is 0 Å². The van der Waals surface area contributed by atoms with Crippen molar-refractivity contribution in [3.05, 3.63) is 0 Å². The fraction of sp³-hybridized carbons (Fsp3) is 0.600. The second-order valence-corrected chi connectivity index (χ2v) is 1.37. The van der Waals surface area contributed by atoms with E-state index in [1.165, 1.54) is 0 Å². The predicted octanol–water partition coefficient (Wildman–Crippen LogP) is -0.435. The van der Waals surface area contributed by atoms with Crippen LogP contribution in [0.1, 0.15) is 0 Å². The average Bonchev–Trinajstić information content (AvgIpc) is 2.14. The fourth-order valence-corrected chi connectivity index (χ4v) is 0.533. The molecule has 2 nitrogen and oxygen atoms in total. The van der Waals surface area contributed by atoms with E-state index in [9.17, 15) is 0 Å². The second kappa shape index (κ2) is 1.97. The van der Waals surface area contributed by atoms with Crippen LogP contribution in [0.5, 0.6) is 0 Å². The summed E-state index contributed by atoms with van der Waals surface area (Å²) in [5.74, 6) is 2.43. The van der Waals surface area contributed by atoms with Gasteiger partial charge in [0.2, 0.25) is 0 Å². The number of hydrogen-bond acceptors (Lipinski definition) is 2. The molecule has 38 valence electrons. The van der Waals surface area contributed by atoms with Crippen molar-refractivity contribution in [2.24, 2.45) is 0 Å². The number of hydrogen-bond donors (Lipinski definition) is 1. The van der Waals surface area contributed by atoms with Crippen molar-refractivity contribution in [3.8, 4) is 12.3 Å². The minimum atomic E-state index is -0.125. The van der Waals surface area contributed by atoms with Crippen LogP contribution in [0.2, 0.25) is 0 Å². The maximum Gasteiger partial charge on any atom is 0.171 e. The van der Waals surface area contributed by atoms with Gasteiger partial charge in [-0.1, -0.05) is 5.92 Å². The molecule has 1 atom stereocenters. The quantitative estimate of drug-likeness (QED) is 0.414. The van der Waals surface area contributed by atoms with Crippen molar-refractivity contribution in [1.82, 2.24) is 5.32 Å². The van der Waals surface area contributed by atoms with Crippen molar-refractivity contribution in [2.75, 3.05) is 13.2 Å². The normalized spacial score (nSPS) is 29.9. The standard InChI is InChI=1S/C5H7NO/c1-2-5-6-3-4-7-5/h1,5-6H,3-4H2. The summed E-state index contributed by atoms with van der Waals surface area (Å²) in [5.41, 5.74) is 0. The Morgan fingerprint density at radius 2 is 2.71 bits per heavy atom. The molecule has 0 aliphatic carbocycles. The molecule has 1 fully saturated rings. The molecule has 1 saturated heterocycles. The van der Waals surface area contributed by atoms with E-state index in [0.717, 1.165) is 13.2 Å². The number of ether oxygens (including phenoxy) is 1. The van der Waals surface area contributed by atoms with Gasteiger partial charge in [-0.2, -0.15) is 0 Å². The maximum absolute atomic E-state index is 5.00. The van der Waals surface area contributed by atoms with E-state index in [2.05, 4.69) is 11.2 Å². The van der Waals surface area contributed by atoms with Crippen LogP contribution in [0.25, 0.3) is 0 Å². The van der Waals surface area contributed by atoms with E-state index < -0.39 is 0 Å². The Hall–Kier alpha value is -0.520. The lowest BCUT2D eigenvalue weighted by atomic mass is 10.6.